The molecule has 2 aromatic rings. The molecule has 0 aliphatic heterocycles. The Hall–Kier alpha value is -2.40. The van der Waals surface area contributed by atoms with E-state index in [1.807, 2.05) is 18.2 Å². The van der Waals surface area contributed by atoms with E-state index in [0.717, 1.165) is 5.56 Å². The van der Waals surface area contributed by atoms with Gasteiger partial charge in [0.25, 0.3) is 0 Å². The molecule has 1 atom stereocenters. The van der Waals surface area contributed by atoms with Gasteiger partial charge in [0.05, 0.1) is 6.10 Å². The van der Waals surface area contributed by atoms with Crippen molar-refractivity contribution in [3.05, 3.63) is 66.0 Å². The summed E-state index contributed by atoms with van der Waals surface area (Å²) in [5.74, 6) is -0.365. The average molecular weight is 274 g/mol. The highest BCUT2D eigenvalue weighted by Crippen LogP contribution is 2.11. The van der Waals surface area contributed by atoms with Gasteiger partial charge in [0.15, 0.2) is 0 Å². The fraction of sp³-hybridized carbons (Fsp3) is 0.133. The molecule has 0 saturated heterocycles. The molecule has 3 N–H and O–H groups in total. The first kappa shape index (κ1) is 14.0. The van der Waals surface area contributed by atoms with Gasteiger partial charge in [-0.1, -0.05) is 30.3 Å². The van der Waals surface area contributed by atoms with Gasteiger partial charge >= 0.3 is 6.03 Å². The van der Waals surface area contributed by atoms with E-state index in [0.29, 0.717) is 5.69 Å². The van der Waals surface area contributed by atoms with Crippen LogP contribution in [0.3, 0.4) is 0 Å². The van der Waals surface area contributed by atoms with Crippen molar-refractivity contribution in [1.82, 2.24) is 5.32 Å². The SMILES string of the molecule is O=C(NCC(O)c1ccccc1)Nc1ccc(F)cc1. The van der Waals surface area contributed by atoms with Crippen molar-refractivity contribution in [2.24, 2.45) is 0 Å². The van der Waals surface area contributed by atoms with Crippen LogP contribution in [0.5, 0.6) is 0 Å². The first-order valence-corrected chi connectivity index (χ1v) is 6.18. The van der Waals surface area contributed by atoms with Crippen LogP contribution in [-0.2, 0) is 0 Å². The number of nitrogens with one attached hydrogen (secondary N) is 2. The molecule has 0 aliphatic carbocycles. The molecule has 0 bridgehead atoms. The molecular weight excluding hydrogens is 259 g/mol. The lowest BCUT2D eigenvalue weighted by atomic mass is 10.1. The topological polar surface area (TPSA) is 61.4 Å². The number of hydrogen-bond acceptors (Lipinski definition) is 2. The molecule has 1 unspecified atom stereocenters. The molecule has 0 spiro atoms. The van der Waals surface area contributed by atoms with Crippen molar-refractivity contribution >= 4 is 11.7 Å². The minimum atomic E-state index is -0.768. The van der Waals surface area contributed by atoms with Crippen molar-refractivity contribution in [2.75, 3.05) is 11.9 Å². The minimum absolute atomic E-state index is 0.0943. The number of benzene rings is 2. The van der Waals surface area contributed by atoms with Crippen LogP contribution in [-0.4, -0.2) is 17.7 Å². The van der Waals surface area contributed by atoms with E-state index in [-0.39, 0.29) is 12.4 Å². The van der Waals surface area contributed by atoms with E-state index >= 15 is 0 Å². The Morgan fingerprint density at radius 1 is 1.10 bits per heavy atom. The highest BCUT2D eigenvalue weighted by atomic mass is 19.1. The number of aliphatic hydroxyl groups excluding tert-OH is 1. The molecule has 5 heteroatoms. The molecule has 0 radical (unpaired) electrons. The fourth-order valence-corrected chi connectivity index (χ4v) is 1.69. The summed E-state index contributed by atoms with van der Waals surface area (Å²) in [7, 11) is 0. The van der Waals surface area contributed by atoms with Crippen LogP contribution < -0.4 is 10.6 Å². The molecule has 0 aromatic heterocycles. The predicted molar refractivity (Wildman–Crippen MR) is 74.8 cm³/mol. The molecule has 0 saturated carbocycles. The zero-order chi connectivity index (χ0) is 14.4. The molecule has 4 nitrogen and oxygen atoms in total. The number of halogens is 1. The summed E-state index contributed by atoms with van der Waals surface area (Å²) >= 11 is 0. The summed E-state index contributed by atoms with van der Waals surface area (Å²) in [6.07, 6.45) is -0.768. The standard InChI is InChI=1S/C15H15FN2O2/c16-12-6-8-13(9-7-12)18-15(20)17-10-14(19)11-4-2-1-3-5-11/h1-9,14,19H,10H2,(H2,17,18,20). The van der Waals surface area contributed by atoms with Crippen molar-refractivity contribution in [3.8, 4) is 0 Å². The molecule has 20 heavy (non-hydrogen) atoms. The Balaban J connectivity index is 1.82. The second-order valence-electron chi connectivity index (χ2n) is 4.27. The van der Waals surface area contributed by atoms with E-state index in [1.165, 1.54) is 24.3 Å². The summed E-state index contributed by atoms with van der Waals surface area (Å²) in [6.45, 7) is 0.0943. The third-order valence-corrected chi connectivity index (χ3v) is 2.74. The van der Waals surface area contributed by atoms with E-state index in [1.54, 1.807) is 12.1 Å². The smallest absolute Gasteiger partial charge is 0.319 e. The lowest BCUT2D eigenvalue weighted by molar-refractivity contribution is 0.175. The second-order valence-corrected chi connectivity index (χ2v) is 4.27. The summed E-state index contributed by atoms with van der Waals surface area (Å²) in [4.78, 5) is 11.6. The Morgan fingerprint density at radius 3 is 2.40 bits per heavy atom. The van der Waals surface area contributed by atoms with Crippen molar-refractivity contribution in [3.63, 3.8) is 0 Å². The van der Waals surface area contributed by atoms with Gasteiger partial charge in [-0.3, -0.25) is 0 Å². The van der Waals surface area contributed by atoms with Crippen LogP contribution in [0.25, 0.3) is 0 Å². The Labute approximate surface area is 116 Å². The summed E-state index contributed by atoms with van der Waals surface area (Å²) in [5, 5.41) is 15.0. The fourth-order valence-electron chi connectivity index (χ4n) is 1.69. The number of anilines is 1. The predicted octanol–water partition coefficient (Wildman–Crippen LogP) is 2.68. The maximum Gasteiger partial charge on any atom is 0.319 e. The lowest BCUT2D eigenvalue weighted by Gasteiger charge is -2.12. The Kier molecular flexibility index (Phi) is 4.68. The maximum atomic E-state index is 12.7. The number of aliphatic hydroxyl groups is 1. The van der Waals surface area contributed by atoms with Gasteiger partial charge in [-0.25, -0.2) is 9.18 Å². The molecule has 0 fully saturated rings. The van der Waals surface area contributed by atoms with Crippen molar-refractivity contribution in [2.45, 2.75) is 6.10 Å². The van der Waals surface area contributed by atoms with Gasteiger partial charge in [-0.15, -0.1) is 0 Å². The number of carbonyl (C=O) groups is 1. The number of carbonyl (C=O) groups excluding carboxylic acids is 1. The number of hydrogen-bond donors (Lipinski definition) is 3. The van der Waals surface area contributed by atoms with E-state index < -0.39 is 12.1 Å². The Bertz CT molecular complexity index is 558. The van der Waals surface area contributed by atoms with Crippen molar-refractivity contribution in [1.29, 1.82) is 0 Å². The minimum Gasteiger partial charge on any atom is -0.387 e. The molecule has 104 valence electrons. The van der Waals surface area contributed by atoms with Crippen LogP contribution in [0.2, 0.25) is 0 Å². The van der Waals surface area contributed by atoms with Gasteiger partial charge in [-0.2, -0.15) is 0 Å². The Morgan fingerprint density at radius 2 is 1.75 bits per heavy atom. The van der Waals surface area contributed by atoms with Gasteiger partial charge in [0.2, 0.25) is 0 Å². The number of urea groups is 1. The monoisotopic (exact) mass is 274 g/mol. The van der Waals surface area contributed by atoms with E-state index in [9.17, 15) is 14.3 Å². The zero-order valence-corrected chi connectivity index (χ0v) is 10.7. The van der Waals surface area contributed by atoms with Crippen LogP contribution in [0.15, 0.2) is 54.6 Å². The van der Waals surface area contributed by atoms with Crippen molar-refractivity contribution < 1.29 is 14.3 Å². The number of amides is 2. The normalized spacial score (nSPS) is 11.7. The van der Waals surface area contributed by atoms with E-state index in [2.05, 4.69) is 10.6 Å². The van der Waals surface area contributed by atoms with Crippen LogP contribution >= 0.6 is 0 Å². The quantitative estimate of drug-likeness (QED) is 0.802. The number of rotatable bonds is 4. The first-order valence-electron chi connectivity index (χ1n) is 6.18. The zero-order valence-electron chi connectivity index (χ0n) is 10.7. The van der Waals surface area contributed by atoms with Crippen LogP contribution in [0, 0.1) is 5.82 Å². The molecule has 0 aliphatic rings. The highest BCUT2D eigenvalue weighted by Gasteiger charge is 2.08. The molecular formula is C15H15FN2O2. The first-order chi connectivity index (χ1) is 9.65. The third kappa shape index (κ3) is 4.07. The summed E-state index contributed by atoms with van der Waals surface area (Å²) < 4.78 is 12.7. The summed E-state index contributed by atoms with van der Waals surface area (Å²) in [5.41, 5.74) is 1.22. The summed E-state index contributed by atoms with van der Waals surface area (Å²) in [6, 6.07) is 14.0. The van der Waals surface area contributed by atoms with Crippen LogP contribution in [0.1, 0.15) is 11.7 Å². The molecule has 2 aromatic carbocycles. The largest absolute Gasteiger partial charge is 0.387 e. The van der Waals surface area contributed by atoms with Gasteiger partial charge in [0, 0.05) is 12.2 Å². The molecule has 0 heterocycles. The maximum absolute atomic E-state index is 12.7. The van der Waals surface area contributed by atoms with Gasteiger partial charge in [-0.05, 0) is 29.8 Å². The van der Waals surface area contributed by atoms with Crippen LogP contribution in [0.4, 0.5) is 14.9 Å². The molecule has 2 rings (SSSR count). The molecule has 2 amide bonds. The van der Waals surface area contributed by atoms with Gasteiger partial charge in [0.1, 0.15) is 5.82 Å². The van der Waals surface area contributed by atoms with E-state index in [4.69, 9.17) is 0 Å². The lowest BCUT2D eigenvalue weighted by Crippen LogP contribution is -2.32. The average Bonchev–Trinajstić information content (AvgIpc) is 2.48. The second kappa shape index (κ2) is 6.68. The highest BCUT2D eigenvalue weighted by molar-refractivity contribution is 5.89. The third-order valence-electron chi connectivity index (χ3n) is 2.74. The van der Waals surface area contributed by atoms with Gasteiger partial charge < -0.3 is 15.7 Å².